The zero-order valence-corrected chi connectivity index (χ0v) is 18.4. The fourth-order valence-corrected chi connectivity index (χ4v) is 4.25. The molecule has 0 saturated heterocycles. The highest BCUT2D eigenvalue weighted by Gasteiger charge is 2.31. The Hall–Kier alpha value is -3.44. The number of ether oxygens (including phenoxy) is 1. The van der Waals surface area contributed by atoms with Crippen LogP contribution >= 0.6 is 22.9 Å². The minimum absolute atomic E-state index is 0.0938. The molecular formula is C21H14ClF3N4O3S. The van der Waals surface area contributed by atoms with E-state index in [4.69, 9.17) is 16.3 Å². The van der Waals surface area contributed by atoms with Gasteiger partial charge in [0.15, 0.2) is 11.8 Å². The molecule has 0 aliphatic rings. The number of anilines is 1. The number of aryl methyl sites for hydroxylation is 1. The van der Waals surface area contributed by atoms with Crippen molar-refractivity contribution in [1.29, 1.82) is 0 Å². The van der Waals surface area contributed by atoms with Crippen molar-refractivity contribution in [3.05, 3.63) is 69.9 Å². The summed E-state index contributed by atoms with van der Waals surface area (Å²) < 4.78 is 45.7. The summed E-state index contributed by atoms with van der Waals surface area (Å²) in [6.07, 6.45) is -3.04. The summed E-state index contributed by atoms with van der Waals surface area (Å²) in [6.45, 7) is 1.12. The van der Waals surface area contributed by atoms with E-state index in [9.17, 15) is 22.8 Å². The number of pyridine rings is 1. The Balaban J connectivity index is 1.52. The van der Waals surface area contributed by atoms with Gasteiger partial charge in [-0.15, -0.1) is 11.3 Å². The lowest BCUT2D eigenvalue weighted by Crippen LogP contribution is -2.20. The highest BCUT2D eigenvalue weighted by atomic mass is 35.5. The highest BCUT2D eigenvalue weighted by Crippen LogP contribution is 2.34. The van der Waals surface area contributed by atoms with Crippen molar-refractivity contribution in [2.45, 2.75) is 13.1 Å². The summed E-state index contributed by atoms with van der Waals surface area (Å²) in [6, 6.07) is 9.40. The van der Waals surface area contributed by atoms with Crippen molar-refractivity contribution in [2.75, 3.05) is 11.9 Å². The smallest absolute Gasteiger partial charge is 0.416 e. The van der Waals surface area contributed by atoms with Crippen LogP contribution in [0.2, 0.25) is 5.15 Å². The van der Waals surface area contributed by atoms with Gasteiger partial charge in [-0.05, 0) is 43.3 Å². The maximum atomic E-state index is 13.1. The SMILES string of the molecule is Cc1nn(-c2cccc(C(F)(F)F)c2)c2sc(C(=O)OCC(=O)Nc3cccnc3Cl)cc12. The van der Waals surface area contributed by atoms with E-state index in [0.717, 1.165) is 23.5 Å². The second-order valence-corrected chi connectivity index (χ2v) is 8.23. The average Bonchev–Trinajstić information content (AvgIpc) is 3.34. The number of nitrogens with one attached hydrogen (secondary N) is 1. The predicted molar refractivity (Wildman–Crippen MR) is 117 cm³/mol. The number of amides is 1. The number of halogens is 4. The van der Waals surface area contributed by atoms with E-state index in [0.29, 0.717) is 15.9 Å². The van der Waals surface area contributed by atoms with E-state index in [1.54, 1.807) is 19.1 Å². The van der Waals surface area contributed by atoms with Crippen LogP contribution in [-0.4, -0.2) is 33.2 Å². The van der Waals surface area contributed by atoms with Crippen molar-refractivity contribution >= 4 is 50.7 Å². The first-order valence-corrected chi connectivity index (χ1v) is 10.6. The quantitative estimate of drug-likeness (QED) is 0.302. The normalized spacial score (nSPS) is 11.5. The van der Waals surface area contributed by atoms with Crippen molar-refractivity contribution in [3.63, 3.8) is 0 Å². The van der Waals surface area contributed by atoms with E-state index < -0.39 is 30.2 Å². The first-order valence-electron chi connectivity index (χ1n) is 9.38. The van der Waals surface area contributed by atoms with Gasteiger partial charge in [-0.25, -0.2) is 14.5 Å². The molecule has 4 aromatic rings. The summed E-state index contributed by atoms with van der Waals surface area (Å²) in [5, 5.41) is 7.47. The Bertz CT molecular complexity index is 1370. The number of hydrogen-bond donors (Lipinski definition) is 1. The summed E-state index contributed by atoms with van der Waals surface area (Å²) in [5.74, 6) is -1.36. The van der Waals surface area contributed by atoms with Crippen LogP contribution in [0.1, 0.15) is 20.9 Å². The van der Waals surface area contributed by atoms with Gasteiger partial charge in [0.2, 0.25) is 0 Å². The zero-order valence-electron chi connectivity index (χ0n) is 16.8. The lowest BCUT2D eigenvalue weighted by molar-refractivity contribution is -0.137. The number of thiophene rings is 1. The first kappa shape index (κ1) is 22.7. The van der Waals surface area contributed by atoms with Gasteiger partial charge in [-0.2, -0.15) is 18.3 Å². The third-order valence-electron chi connectivity index (χ3n) is 4.53. The Kier molecular flexibility index (Phi) is 6.09. The number of carbonyl (C=O) groups is 2. The molecule has 0 aliphatic carbocycles. The molecular weight excluding hydrogens is 481 g/mol. The standard InChI is InChI=1S/C21H14ClF3N4O3S/c1-11-14-9-16(20(31)32-10-17(30)27-15-6-3-7-26-18(15)22)33-19(14)29(28-11)13-5-2-4-12(8-13)21(23,24)25/h2-9H,10H2,1H3,(H,27,30). The number of esters is 1. The molecule has 0 unspecified atom stereocenters. The molecule has 33 heavy (non-hydrogen) atoms. The summed E-state index contributed by atoms with van der Waals surface area (Å²) in [7, 11) is 0. The number of alkyl halides is 3. The topological polar surface area (TPSA) is 86.1 Å². The van der Waals surface area contributed by atoms with E-state index in [1.807, 2.05) is 0 Å². The second kappa shape index (κ2) is 8.83. The molecule has 1 amide bonds. The Morgan fingerprint density at radius 1 is 1.21 bits per heavy atom. The number of hydrogen-bond acceptors (Lipinski definition) is 6. The van der Waals surface area contributed by atoms with Crippen molar-refractivity contribution in [3.8, 4) is 5.69 Å². The summed E-state index contributed by atoms with van der Waals surface area (Å²) >= 11 is 6.87. The molecule has 0 fully saturated rings. The number of fused-ring (bicyclic) bond motifs is 1. The molecule has 4 rings (SSSR count). The molecule has 0 aliphatic heterocycles. The second-order valence-electron chi connectivity index (χ2n) is 6.84. The molecule has 0 radical (unpaired) electrons. The molecule has 0 bridgehead atoms. The summed E-state index contributed by atoms with van der Waals surface area (Å²) in [4.78, 5) is 29.0. The van der Waals surface area contributed by atoms with E-state index in [1.165, 1.54) is 29.1 Å². The minimum Gasteiger partial charge on any atom is -0.451 e. The number of rotatable bonds is 5. The lowest BCUT2D eigenvalue weighted by atomic mass is 10.2. The van der Waals surface area contributed by atoms with E-state index in [-0.39, 0.29) is 21.4 Å². The highest BCUT2D eigenvalue weighted by molar-refractivity contribution is 7.20. The van der Waals surface area contributed by atoms with Crippen molar-refractivity contribution in [2.24, 2.45) is 0 Å². The van der Waals surface area contributed by atoms with Gasteiger partial charge >= 0.3 is 12.1 Å². The molecule has 12 heteroatoms. The average molecular weight is 495 g/mol. The van der Waals surface area contributed by atoms with Crippen LogP contribution in [0, 0.1) is 6.92 Å². The third kappa shape index (κ3) is 4.83. The zero-order chi connectivity index (χ0) is 23.8. The Morgan fingerprint density at radius 2 is 2.00 bits per heavy atom. The van der Waals surface area contributed by atoms with Gasteiger partial charge in [-0.3, -0.25) is 4.79 Å². The van der Waals surface area contributed by atoms with Gasteiger partial charge in [0.25, 0.3) is 5.91 Å². The van der Waals surface area contributed by atoms with Gasteiger partial charge < -0.3 is 10.1 Å². The molecule has 0 atom stereocenters. The van der Waals surface area contributed by atoms with Crippen LogP contribution in [0.25, 0.3) is 15.9 Å². The van der Waals surface area contributed by atoms with Crippen LogP contribution in [0.3, 0.4) is 0 Å². The fourth-order valence-electron chi connectivity index (χ4n) is 3.00. The molecule has 0 saturated carbocycles. The first-order chi connectivity index (χ1) is 15.6. The maximum Gasteiger partial charge on any atom is 0.416 e. The van der Waals surface area contributed by atoms with Crippen LogP contribution < -0.4 is 5.32 Å². The molecule has 0 spiro atoms. The lowest BCUT2D eigenvalue weighted by Gasteiger charge is -2.09. The van der Waals surface area contributed by atoms with Crippen LogP contribution in [0.4, 0.5) is 18.9 Å². The number of benzene rings is 1. The van der Waals surface area contributed by atoms with Gasteiger partial charge in [-0.1, -0.05) is 17.7 Å². The van der Waals surface area contributed by atoms with E-state index in [2.05, 4.69) is 15.4 Å². The third-order valence-corrected chi connectivity index (χ3v) is 5.92. The van der Waals surface area contributed by atoms with Crippen LogP contribution in [-0.2, 0) is 15.7 Å². The predicted octanol–water partition coefficient (Wildman–Crippen LogP) is 5.26. The van der Waals surface area contributed by atoms with E-state index >= 15 is 0 Å². The maximum absolute atomic E-state index is 13.1. The van der Waals surface area contributed by atoms with Gasteiger partial charge in [0, 0.05) is 11.6 Å². The van der Waals surface area contributed by atoms with Crippen LogP contribution in [0.15, 0.2) is 48.7 Å². The van der Waals surface area contributed by atoms with Crippen molar-refractivity contribution < 1.29 is 27.5 Å². The molecule has 7 nitrogen and oxygen atoms in total. The number of aromatic nitrogens is 3. The largest absolute Gasteiger partial charge is 0.451 e. The molecule has 1 N–H and O–H groups in total. The fraction of sp³-hybridized carbons (Fsp3) is 0.143. The molecule has 1 aromatic carbocycles. The molecule has 3 heterocycles. The van der Waals surface area contributed by atoms with Crippen LogP contribution in [0.5, 0.6) is 0 Å². The number of carbonyl (C=O) groups excluding carboxylic acids is 2. The monoisotopic (exact) mass is 494 g/mol. The Labute approximate surface area is 193 Å². The number of nitrogens with zero attached hydrogens (tertiary/aromatic N) is 3. The molecule has 170 valence electrons. The minimum atomic E-state index is -4.50. The van der Waals surface area contributed by atoms with Gasteiger partial charge in [0.05, 0.1) is 22.6 Å². The van der Waals surface area contributed by atoms with Crippen molar-refractivity contribution in [1.82, 2.24) is 14.8 Å². The van der Waals surface area contributed by atoms with Gasteiger partial charge in [0.1, 0.15) is 9.71 Å². The molecule has 3 aromatic heterocycles. The Morgan fingerprint density at radius 3 is 2.73 bits per heavy atom. The summed E-state index contributed by atoms with van der Waals surface area (Å²) in [5.41, 5.74) is 0.204.